The number of nitrogens with one attached hydrogen (secondary N) is 1. The second kappa shape index (κ2) is 4.98. The first-order valence-corrected chi connectivity index (χ1v) is 7.69. The average molecular weight is 260 g/mol. The van der Waals surface area contributed by atoms with Crippen molar-refractivity contribution >= 4 is 21.6 Å². The van der Waals surface area contributed by atoms with E-state index in [0.717, 1.165) is 12.1 Å². The minimum absolute atomic E-state index is 0.527. The third-order valence-corrected chi connectivity index (χ3v) is 4.95. The van der Waals surface area contributed by atoms with Crippen LogP contribution in [0, 0.1) is 0 Å². The van der Waals surface area contributed by atoms with E-state index in [1.54, 1.807) is 0 Å². The molecule has 1 aliphatic rings. The van der Waals surface area contributed by atoms with Crippen molar-refractivity contribution in [2.45, 2.75) is 45.1 Å². The molecule has 1 aromatic carbocycles. The van der Waals surface area contributed by atoms with E-state index >= 15 is 0 Å². The van der Waals surface area contributed by atoms with Crippen LogP contribution in [0.2, 0.25) is 0 Å². The summed E-state index contributed by atoms with van der Waals surface area (Å²) in [6.07, 6.45) is 3.92. The Balaban J connectivity index is 1.94. The molecule has 3 rings (SSSR count). The maximum absolute atomic E-state index is 4.70. The highest BCUT2D eigenvalue weighted by atomic mass is 32.1. The molecule has 1 aliphatic heterocycles. The number of hydrogen-bond donors (Lipinski definition) is 1. The predicted molar refractivity (Wildman–Crippen MR) is 78.3 cm³/mol. The molecule has 0 saturated carbocycles. The van der Waals surface area contributed by atoms with Gasteiger partial charge in [0.25, 0.3) is 0 Å². The molecule has 2 aromatic rings. The molecule has 0 bridgehead atoms. The summed E-state index contributed by atoms with van der Waals surface area (Å²) in [6, 6.07) is 7.31. The molecular formula is C15H20N2S. The van der Waals surface area contributed by atoms with Crippen molar-refractivity contribution in [3.8, 4) is 0 Å². The molecule has 0 aliphatic carbocycles. The Kier molecular flexibility index (Phi) is 3.35. The summed E-state index contributed by atoms with van der Waals surface area (Å²) in [7, 11) is 0. The third kappa shape index (κ3) is 2.29. The average Bonchev–Trinajstić information content (AvgIpc) is 2.82. The van der Waals surface area contributed by atoms with E-state index in [1.165, 1.54) is 34.5 Å². The van der Waals surface area contributed by atoms with Gasteiger partial charge in [0.15, 0.2) is 0 Å². The molecule has 1 fully saturated rings. The lowest BCUT2D eigenvalue weighted by Gasteiger charge is -2.23. The van der Waals surface area contributed by atoms with Crippen LogP contribution in [0.5, 0.6) is 0 Å². The molecule has 0 spiro atoms. The van der Waals surface area contributed by atoms with Crippen molar-refractivity contribution in [1.29, 1.82) is 0 Å². The quantitative estimate of drug-likeness (QED) is 0.874. The monoisotopic (exact) mass is 260 g/mol. The molecule has 1 unspecified atom stereocenters. The largest absolute Gasteiger partial charge is 0.310 e. The van der Waals surface area contributed by atoms with Crippen molar-refractivity contribution < 1.29 is 0 Å². The summed E-state index contributed by atoms with van der Waals surface area (Å²) in [4.78, 5) is 4.70. The number of rotatable bonds is 2. The molecule has 3 heteroatoms. The molecule has 1 atom stereocenters. The van der Waals surface area contributed by atoms with Gasteiger partial charge in [-0.25, -0.2) is 4.98 Å². The molecule has 18 heavy (non-hydrogen) atoms. The van der Waals surface area contributed by atoms with E-state index in [9.17, 15) is 0 Å². The summed E-state index contributed by atoms with van der Waals surface area (Å²) in [5.74, 6) is 0.527. The van der Waals surface area contributed by atoms with Crippen molar-refractivity contribution in [1.82, 2.24) is 10.3 Å². The Morgan fingerprint density at radius 1 is 1.33 bits per heavy atom. The van der Waals surface area contributed by atoms with Gasteiger partial charge >= 0.3 is 0 Å². The standard InChI is InChI=1S/C15H20N2S/c1-10(2)15-17-13-7-6-11(9-14(13)18-15)12-5-3-4-8-16-12/h6-7,9-10,12,16H,3-5,8H2,1-2H3. The normalized spacial score (nSPS) is 20.7. The number of aromatic nitrogens is 1. The summed E-state index contributed by atoms with van der Waals surface area (Å²) >= 11 is 1.84. The van der Waals surface area contributed by atoms with Crippen LogP contribution in [0.1, 0.15) is 55.6 Å². The Hall–Kier alpha value is -0.930. The van der Waals surface area contributed by atoms with E-state index < -0.39 is 0 Å². The summed E-state index contributed by atoms with van der Waals surface area (Å²) < 4.78 is 1.34. The zero-order valence-corrected chi connectivity index (χ0v) is 11.9. The number of piperidine rings is 1. The molecule has 96 valence electrons. The molecule has 1 saturated heterocycles. The van der Waals surface area contributed by atoms with Crippen LogP contribution < -0.4 is 5.32 Å². The Bertz CT molecular complexity index is 538. The van der Waals surface area contributed by atoms with Gasteiger partial charge in [0, 0.05) is 12.0 Å². The number of benzene rings is 1. The summed E-state index contributed by atoms with van der Waals surface area (Å²) in [5, 5.41) is 4.86. The van der Waals surface area contributed by atoms with Gasteiger partial charge in [-0.3, -0.25) is 0 Å². The maximum atomic E-state index is 4.70. The van der Waals surface area contributed by atoms with Crippen LogP contribution >= 0.6 is 11.3 Å². The van der Waals surface area contributed by atoms with E-state index in [0.29, 0.717) is 12.0 Å². The lowest BCUT2D eigenvalue weighted by Crippen LogP contribution is -2.26. The van der Waals surface area contributed by atoms with Gasteiger partial charge in [0.05, 0.1) is 15.2 Å². The van der Waals surface area contributed by atoms with Crippen LogP contribution in [0.15, 0.2) is 18.2 Å². The van der Waals surface area contributed by atoms with Crippen LogP contribution in [0.4, 0.5) is 0 Å². The van der Waals surface area contributed by atoms with Crippen LogP contribution in [-0.4, -0.2) is 11.5 Å². The lowest BCUT2D eigenvalue weighted by atomic mass is 9.97. The van der Waals surface area contributed by atoms with Crippen molar-refractivity contribution in [3.63, 3.8) is 0 Å². The van der Waals surface area contributed by atoms with E-state index in [1.807, 2.05) is 11.3 Å². The van der Waals surface area contributed by atoms with Gasteiger partial charge in [-0.05, 0) is 37.1 Å². The number of hydrogen-bond acceptors (Lipinski definition) is 3. The summed E-state index contributed by atoms with van der Waals surface area (Å²) in [6.45, 7) is 5.57. The van der Waals surface area contributed by atoms with Crippen molar-refractivity contribution in [2.75, 3.05) is 6.54 Å². The first-order chi connectivity index (χ1) is 8.74. The second-order valence-electron chi connectivity index (χ2n) is 5.44. The molecule has 2 nitrogen and oxygen atoms in total. The van der Waals surface area contributed by atoms with Gasteiger partial charge in [-0.2, -0.15) is 0 Å². The molecular weight excluding hydrogens is 240 g/mol. The minimum Gasteiger partial charge on any atom is -0.310 e. The predicted octanol–water partition coefficient (Wildman–Crippen LogP) is 4.23. The SMILES string of the molecule is CC(C)c1nc2ccc(C3CCCCN3)cc2s1. The van der Waals surface area contributed by atoms with E-state index in [4.69, 9.17) is 4.98 Å². The fraction of sp³-hybridized carbons (Fsp3) is 0.533. The van der Waals surface area contributed by atoms with Crippen LogP contribution in [0.3, 0.4) is 0 Å². The van der Waals surface area contributed by atoms with Crippen molar-refractivity contribution in [3.05, 3.63) is 28.8 Å². The van der Waals surface area contributed by atoms with Crippen LogP contribution in [-0.2, 0) is 0 Å². The minimum atomic E-state index is 0.527. The van der Waals surface area contributed by atoms with Gasteiger partial charge < -0.3 is 5.32 Å². The van der Waals surface area contributed by atoms with Gasteiger partial charge in [-0.15, -0.1) is 11.3 Å². The lowest BCUT2D eigenvalue weighted by molar-refractivity contribution is 0.412. The first kappa shape index (κ1) is 12.1. The number of nitrogens with zero attached hydrogens (tertiary/aromatic N) is 1. The third-order valence-electron chi connectivity index (χ3n) is 3.64. The smallest absolute Gasteiger partial charge is 0.0963 e. The topological polar surface area (TPSA) is 24.9 Å². The first-order valence-electron chi connectivity index (χ1n) is 6.88. The Morgan fingerprint density at radius 2 is 2.22 bits per heavy atom. The molecule has 0 radical (unpaired) electrons. The van der Waals surface area contributed by atoms with Crippen molar-refractivity contribution in [2.24, 2.45) is 0 Å². The fourth-order valence-electron chi connectivity index (χ4n) is 2.56. The zero-order valence-electron chi connectivity index (χ0n) is 11.1. The van der Waals surface area contributed by atoms with Gasteiger partial charge in [-0.1, -0.05) is 26.3 Å². The Morgan fingerprint density at radius 3 is 2.94 bits per heavy atom. The number of thiazole rings is 1. The maximum Gasteiger partial charge on any atom is 0.0963 e. The molecule has 2 heterocycles. The zero-order chi connectivity index (χ0) is 12.5. The van der Waals surface area contributed by atoms with E-state index in [-0.39, 0.29) is 0 Å². The van der Waals surface area contributed by atoms with Gasteiger partial charge in [0.1, 0.15) is 0 Å². The fourth-order valence-corrected chi connectivity index (χ4v) is 3.58. The summed E-state index contributed by atoms with van der Waals surface area (Å²) in [5.41, 5.74) is 2.59. The Labute approximate surface area is 112 Å². The molecule has 0 amide bonds. The second-order valence-corrected chi connectivity index (χ2v) is 6.50. The van der Waals surface area contributed by atoms with Gasteiger partial charge in [0.2, 0.25) is 0 Å². The molecule has 1 aromatic heterocycles. The van der Waals surface area contributed by atoms with Crippen LogP contribution in [0.25, 0.3) is 10.2 Å². The van der Waals surface area contributed by atoms with E-state index in [2.05, 4.69) is 37.4 Å². The highest BCUT2D eigenvalue weighted by Crippen LogP contribution is 2.31. The highest BCUT2D eigenvalue weighted by molar-refractivity contribution is 7.18. The highest BCUT2D eigenvalue weighted by Gasteiger charge is 2.16. The number of fused-ring (bicyclic) bond motifs is 1. The molecule has 1 N–H and O–H groups in total.